The largest absolute Gasteiger partial charge is 0.496 e. The van der Waals surface area contributed by atoms with Crippen LogP contribution in [0.2, 0.25) is 0 Å². The normalized spacial score (nSPS) is 11.4. The number of benzene rings is 2. The fourth-order valence-corrected chi connectivity index (χ4v) is 2.86. The molecule has 0 atom stereocenters. The first-order valence-electron chi connectivity index (χ1n) is 7.87. The molecule has 25 heavy (non-hydrogen) atoms. The van der Waals surface area contributed by atoms with Crippen LogP contribution in [-0.4, -0.2) is 24.2 Å². The molecule has 0 unspecified atom stereocenters. The van der Waals surface area contributed by atoms with Crippen molar-refractivity contribution in [2.24, 2.45) is 0 Å². The average Bonchev–Trinajstić information content (AvgIpc) is 3.02. The molecule has 0 saturated carbocycles. The average molecular weight is 333 g/mol. The van der Waals surface area contributed by atoms with Crippen LogP contribution in [-0.2, 0) is 0 Å². The van der Waals surface area contributed by atoms with Crippen LogP contribution in [0.3, 0.4) is 0 Å². The quantitative estimate of drug-likeness (QED) is 0.724. The molecule has 0 spiro atoms. The Morgan fingerprint density at radius 3 is 2.64 bits per heavy atom. The van der Waals surface area contributed by atoms with Gasteiger partial charge in [-0.25, -0.2) is 4.98 Å². The molecule has 0 saturated heterocycles. The van der Waals surface area contributed by atoms with Gasteiger partial charge in [-0.3, -0.25) is 0 Å². The highest BCUT2D eigenvalue weighted by atomic mass is 16.5. The first kappa shape index (κ1) is 16.6. The second-order valence-corrected chi connectivity index (χ2v) is 5.79. The third-order valence-electron chi connectivity index (χ3n) is 4.12. The SMILES string of the molecule is COc1ccc(/C=C(/C#N)c2nc3ccc(C)cc3[nH]2)c(OC)c1C. The minimum Gasteiger partial charge on any atom is -0.496 e. The van der Waals surface area contributed by atoms with Gasteiger partial charge in [-0.2, -0.15) is 5.26 Å². The Kier molecular flexibility index (Phi) is 4.44. The zero-order valence-electron chi connectivity index (χ0n) is 14.7. The number of imidazole rings is 1. The number of aromatic amines is 1. The summed E-state index contributed by atoms with van der Waals surface area (Å²) in [5.41, 5.74) is 5.01. The number of H-pyrrole nitrogens is 1. The molecule has 0 bridgehead atoms. The second kappa shape index (κ2) is 6.70. The van der Waals surface area contributed by atoms with Crippen LogP contribution in [0.4, 0.5) is 0 Å². The molecule has 5 heteroatoms. The van der Waals surface area contributed by atoms with Crippen LogP contribution in [0.1, 0.15) is 22.5 Å². The number of ether oxygens (including phenoxy) is 2. The smallest absolute Gasteiger partial charge is 0.149 e. The van der Waals surface area contributed by atoms with Gasteiger partial charge in [0.05, 0.1) is 30.8 Å². The van der Waals surface area contributed by atoms with Gasteiger partial charge in [0.2, 0.25) is 0 Å². The minimum absolute atomic E-state index is 0.441. The van der Waals surface area contributed by atoms with Crippen LogP contribution in [0.25, 0.3) is 22.7 Å². The Balaban J connectivity index is 2.11. The Hall–Kier alpha value is -3.26. The van der Waals surface area contributed by atoms with Crippen molar-refractivity contribution in [1.29, 1.82) is 5.26 Å². The van der Waals surface area contributed by atoms with Crippen molar-refractivity contribution in [3.8, 4) is 17.6 Å². The third-order valence-corrected chi connectivity index (χ3v) is 4.12. The number of hydrogen-bond donors (Lipinski definition) is 1. The maximum atomic E-state index is 9.61. The highest BCUT2D eigenvalue weighted by Crippen LogP contribution is 2.33. The van der Waals surface area contributed by atoms with E-state index in [-0.39, 0.29) is 0 Å². The second-order valence-electron chi connectivity index (χ2n) is 5.79. The Bertz CT molecular complexity index is 1010. The summed E-state index contributed by atoms with van der Waals surface area (Å²) >= 11 is 0. The topological polar surface area (TPSA) is 70.9 Å². The zero-order chi connectivity index (χ0) is 18.0. The third kappa shape index (κ3) is 3.07. The van der Waals surface area contributed by atoms with Crippen molar-refractivity contribution >= 4 is 22.7 Å². The van der Waals surface area contributed by atoms with E-state index in [0.717, 1.165) is 33.5 Å². The molecule has 126 valence electrons. The highest BCUT2D eigenvalue weighted by molar-refractivity contribution is 5.91. The molecule has 3 aromatic rings. The summed E-state index contributed by atoms with van der Waals surface area (Å²) in [4.78, 5) is 7.74. The molecule has 5 nitrogen and oxygen atoms in total. The monoisotopic (exact) mass is 333 g/mol. The van der Waals surface area contributed by atoms with Crippen molar-refractivity contribution in [3.05, 3.63) is 52.8 Å². The van der Waals surface area contributed by atoms with E-state index < -0.39 is 0 Å². The van der Waals surface area contributed by atoms with Gasteiger partial charge in [0, 0.05) is 11.1 Å². The van der Waals surface area contributed by atoms with E-state index in [1.54, 1.807) is 20.3 Å². The molecule has 2 aromatic carbocycles. The van der Waals surface area contributed by atoms with Gasteiger partial charge in [-0.15, -0.1) is 0 Å². The summed E-state index contributed by atoms with van der Waals surface area (Å²) in [6, 6.07) is 11.9. The summed E-state index contributed by atoms with van der Waals surface area (Å²) in [5, 5.41) is 9.61. The van der Waals surface area contributed by atoms with Crippen molar-refractivity contribution in [2.45, 2.75) is 13.8 Å². The Morgan fingerprint density at radius 1 is 1.16 bits per heavy atom. The first-order valence-corrected chi connectivity index (χ1v) is 7.87. The van der Waals surface area contributed by atoms with Gasteiger partial charge in [-0.05, 0) is 49.8 Å². The standard InChI is InChI=1S/C20H19N3O2/c1-12-5-7-16-17(9-12)23-20(22-16)15(11-21)10-14-6-8-18(24-3)13(2)19(14)25-4/h5-10H,1-4H3,(H,22,23)/b15-10-. The van der Waals surface area contributed by atoms with Crippen LogP contribution in [0.5, 0.6) is 11.5 Å². The van der Waals surface area contributed by atoms with Crippen LogP contribution in [0.15, 0.2) is 30.3 Å². The van der Waals surface area contributed by atoms with Crippen LogP contribution in [0, 0.1) is 25.2 Å². The number of rotatable bonds is 4. The van der Waals surface area contributed by atoms with Gasteiger partial charge in [0.25, 0.3) is 0 Å². The summed E-state index contributed by atoms with van der Waals surface area (Å²) in [5.74, 6) is 1.96. The van der Waals surface area contributed by atoms with Gasteiger partial charge in [0.15, 0.2) is 0 Å². The number of fused-ring (bicyclic) bond motifs is 1. The molecule has 0 aliphatic heterocycles. The van der Waals surface area contributed by atoms with E-state index in [1.807, 2.05) is 44.2 Å². The Morgan fingerprint density at radius 2 is 1.96 bits per heavy atom. The molecule has 0 aliphatic rings. The van der Waals surface area contributed by atoms with Crippen molar-refractivity contribution in [3.63, 3.8) is 0 Å². The van der Waals surface area contributed by atoms with Gasteiger partial charge >= 0.3 is 0 Å². The number of nitrogens with one attached hydrogen (secondary N) is 1. The van der Waals surface area contributed by atoms with Crippen molar-refractivity contribution < 1.29 is 9.47 Å². The maximum Gasteiger partial charge on any atom is 0.149 e. The lowest BCUT2D eigenvalue weighted by Gasteiger charge is -2.12. The van der Waals surface area contributed by atoms with Crippen LogP contribution < -0.4 is 9.47 Å². The van der Waals surface area contributed by atoms with Crippen LogP contribution >= 0.6 is 0 Å². The number of allylic oxidation sites excluding steroid dienone is 1. The summed E-state index contributed by atoms with van der Waals surface area (Å²) in [6.07, 6.45) is 1.77. The summed E-state index contributed by atoms with van der Waals surface area (Å²) < 4.78 is 10.8. The van der Waals surface area contributed by atoms with Gasteiger partial charge in [-0.1, -0.05) is 6.07 Å². The van der Waals surface area contributed by atoms with E-state index in [2.05, 4.69) is 16.0 Å². The number of nitriles is 1. The molecular weight excluding hydrogens is 314 g/mol. The van der Waals surface area contributed by atoms with E-state index in [1.165, 1.54) is 0 Å². The molecule has 1 heterocycles. The number of aryl methyl sites for hydroxylation is 1. The highest BCUT2D eigenvalue weighted by Gasteiger charge is 2.13. The lowest BCUT2D eigenvalue weighted by Crippen LogP contribution is -1.95. The van der Waals surface area contributed by atoms with E-state index in [4.69, 9.17) is 9.47 Å². The molecule has 0 radical (unpaired) electrons. The molecule has 0 aliphatic carbocycles. The fraction of sp³-hybridized carbons (Fsp3) is 0.200. The van der Waals surface area contributed by atoms with Crippen molar-refractivity contribution in [1.82, 2.24) is 9.97 Å². The predicted octanol–water partition coefficient (Wildman–Crippen LogP) is 4.26. The predicted molar refractivity (Wildman–Crippen MR) is 98.6 cm³/mol. The summed E-state index contributed by atoms with van der Waals surface area (Å²) in [7, 11) is 3.23. The first-order chi connectivity index (χ1) is 12.1. The molecule has 1 N–H and O–H groups in total. The molecule has 1 aromatic heterocycles. The molecular formula is C20H19N3O2. The maximum absolute atomic E-state index is 9.61. The fourth-order valence-electron chi connectivity index (χ4n) is 2.86. The molecule has 3 rings (SSSR count). The van der Waals surface area contributed by atoms with E-state index >= 15 is 0 Å². The van der Waals surface area contributed by atoms with E-state index in [0.29, 0.717) is 17.1 Å². The lowest BCUT2D eigenvalue weighted by atomic mass is 10.1. The molecule has 0 amide bonds. The zero-order valence-corrected chi connectivity index (χ0v) is 14.7. The number of nitrogens with zero attached hydrogens (tertiary/aromatic N) is 2. The van der Waals surface area contributed by atoms with Gasteiger partial charge in [0.1, 0.15) is 23.4 Å². The van der Waals surface area contributed by atoms with Gasteiger partial charge < -0.3 is 14.5 Å². The Labute approximate surface area is 146 Å². The number of methoxy groups -OCH3 is 2. The van der Waals surface area contributed by atoms with Crippen molar-refractivity contribution in [2.75, 3.05) is 14.2 Å². The number of aromatic nitrogens is 2. The minimum atomic E-state index is 0.441. The van der Waals surface area contributed by atoms with E-state index in [9.17, 15) is 5.26 Å². The summed E-state index contributed by atoms with van der Waals surface area (Å²) in [6.45, 7) is 3.94. The number of hydrogen-bond acceptors (Lipinski definition) is 4. The molecule has 0 fully saturated rings. The lowest BCUT2D eigenvalue weighted by molar-refractivity contribution is 0.388.